The van der Waals surface area contributed by atoms with Crippen LogP contribution >= 0.6 is 0 Å². The molecule has 1 aromatic heterocycles. The average molecular weight is 365 g/mol. The Kier molecular flexibility index (Phi) is 4.45. The van der Waals surface area contributed by atoms with Gasteiger partial charge in [-0.15, -0.1) is 5.10 Å². The zero-order chi connectivity index (χ0) is 18.9. The van der Waals surface area contributed by atoms with E-state index in [-0.39, 0.29) is 23.0 Å². The number of benzene rings is 2. The fraction of sp³-hybridized carbons (Fsp3) is 0.118. The Morgan fingerprint density at radius 2 is 1.77 bits per heavy atom. The molecule has 9 heteroatoms. The number of rotatable bonds is 3. The third-order valence-corrected chi connectivity index (χ3v) is 3.40. The van der Waals surface area contributed by atoms with Gasteiger partial charge in [0.1, 0.15) is 5.82 Å². The van der Waals surface area contributed by atoms with E-state index in [1.807, 2.05) is 0 Å². The molecule has 26 heavy (non-hydrogen) atoms. The SMILES string of the molecule is Cc1cc(C(=O)Nc2nnc(-c3ccc(F)cc3)o2)cc(C(F)(F)F)c1. The molecule has 0 aliphatic heterocycles. The van der Waals surface area contributed by atoms with Crippen molar-refractivity contribution in [2.45, 2.75) is 13.1 Å². The number of carbonyl (C=O) groups excluding carboxylic acids is 1. The molecule has 0 bridgehead atoms. The van der Waals surface area contributed by atoms with E-state index < -0.39 is 23.5 Å². The Morgan fingerprint density at radius 3 is 2.42 bits per heavy atom. The molecule has 2 aromatic carbocycles. The molecule has 0 unspecified atom stereocenters. The monoisotopic (exact) mass is 365 g/mol. The standard InChI is InChI=1S/C17H11F4N3O2/c1-9-6-11(8-12(7-9)17(19,20)21)14(25)22-16-24-23-15(26-16)10-2-4-13(18)5-3-10/h2-8H,1H3,(H,22,24,25). The molecule has 0 fully saturated rings. The van der Waals surface area contributed by atoms with E-state index >= 15 is 0 Å². The normalized spacial score (nSPS) is 11.4. The lowest BCUT2D eigenvalue weighted by Crippen LogP contribution is -2.14. The van der Waals surface area contributed by atoms with Crippen LogP contribution in [-0.4, -0.2) is 16.1 Å². The van der Waals surface area contributed by atoms with Gasteiger partial charge in [0.25, 0.3) is 5.91 Å². The summed E-state index contributed by atoms with van der Waals surface area (Å²) in [5, 5.41) is 9.56. The van der Waals surface area contributed by atoms with Gasteiger partial charge in [0.2, 0.25) is 5.89 Å². The van der Waals surface area contributed by atoms with E-state index in [9.17, 15) is 22.4 Å². The number of aryl methyl sites for hydroxylation is 1. The molecule has 5 nitrogen and oxygen atoms in total. The number of anilines is 1. The second-order valence-corrected chi connectivity index (χ2v) is 5.46. The molecule has 0 aliphatic carbocycles. The highest BCUT2D eigenvalue weighted by Gasteiger charge is 2.31. The molecule has 0 saturated carbocycles. The van der Waals surface area contributed by atoms with Crippen molar-refractivity contribution in [3.05, 3.63) is 65.0 Å². The molecule has 0 saturated heterocycles. The zero-order valence-corrected chi connectivity index (χ0v) is 13.3. The first-order chi connectivity index (χ1) is 12.2. The van der Waals surface area contributed by atoms with Crippen molar-refractivity contribution < 1.29 is 26.8 Å². The summed E-state index contributed by atoms with van der Waals surface area (Å²) in [6, 6.07) is 7.91. The Bertz CT molecular complexity index is 949. The highest BCUT2D eigenvalue weighted by atomic mass is 19.4. The molecule has 3 aromatic rings. The predicted octanol–water partition coefficient (Wildman–Crippen LogP) is 4.46. The van der Waals surface area contributed by atoms with E-state index in [2.05, 4.69) is 15.5 Å². The van der Waals surface area contributed by atoms with E-state index in [1.54, 1.807) is 0 Å². The number of carbonyl (C=O) groups is 1. The van der Waals surface area contributed by atoms with E-state index in [4.69, 9.17) is 4.42 Å². The maximum atomic E-state index is 12.9. The van der Waals surface area contributed by atoms with Gasteiger partial charge < -0.3 is 4.42 Å². The van der Waals surface area contributed by atoms with Crippen LogP contribution in [0.5, 0.6) is 0 Å². The summed E-state index contributed by atoms with van der Waals surface area (Å²) >= 11 is 0. The number of nitrogens with one attached hydrogen (secondary N) is 1. The third-order valence-electron chi connectivity index (χ3n) is 3.40. The third kappa shape index (κ3) is 3.88. The number of amides is 1. The van der Waals surface area contributed by atoms with Gasteiger partial charge >= 0.3 is 12.2 Å². The number of halogens is 4. The molecule has 0 spiro atoms. The average Bonchev–Trinajstić information content (AvgIpc) is 3.02. The summed E-state index contributed by atoms with van der Waals surface area (Å²) in [5.41, 5.74) is -0.421. The fourth-order valence-corrected chi connectivity index (χ4v) is 2.23. The minimum absolute atomic E-state index is 0.0283. The minimum Gasteiger partial charge on any atom is -0.403 e. The van der Waals surface area contributed by atoms with Crippen LogP contribution in [-0.2, 0) is 6.18 Å². The summed E-state index contributed by atoms with van der Waals surface area (Å²) in [6.45, 7) is 1.45. The summed E-state index contributed by atoms with van der Waals surface area (Å²) in [5.74, 6) is -1.24. The number of hydrogen-bond donors (Lipinski definition) is 1. The molecule has 3 rings (SSSR count). The van der Waals surface area contributed by atoms with E-state index in [1.165, 1.54) is 37.3 Å². The van der Waals surface area contributed by atoms with Gasteiger partial charge in [-0.25, -0.2) is 4.39 Å². The topological polar surface area (TPSA) is 68.0 Å². The van der Waals surface area contributed by atoms with Crippen molar-refractivity contribution in [1.29, 1.82) is 0 Å². The van der Waals surface area contributed by atoms with Crippen molar-refractivity contribution in [1.82, 2.24) is 10.2 Å². The number of hydrogen-bond acceptors (Lipinski definition) is 4. The molecule has 0 atom stereocenters. The number of nitrogens with zero attached hydrogens (tertiary/aromatic N) is 2. The lowest BCUT2D eigenvalue weighted by atomic mass is 10.1. The first-order valence-electron chi connectivity index (χ1n) is 7.32. The van der Waals surface area contributed by atoms with Crippen molar-refractivity contribution in [3.8, 4) is 11.5 Å². The first-order valence-corrected chi connectivity index (χ1v) is 7.32. The van der Waals surface area contributed by atoms with Gasteiger partial charge in [0, 0.05) is 11.1 Å². The molecule has 1 heterocycles. The maximum Gasteiger partial charge on any atom is 0.416 e. The van der Waals surface area contributed by atoms with Gasteiger partial charge in [-0.3, -0.25) is 10.1 Å². The van der Waals surface area contributed by atoms with Crippen molar-refractivity contribution in [3.63, 3.8) is 0 Å². The summed E-state index contributed by atoms with van der Waals surface area (Å²) in [7, 11) is 0. The minimum atomic E-state index is -4.57. The van der Waals surface area contributed by atoms with Crippen LogP contribution in [0.3, 0.4) is 0 Å². The van der Waals surface area contributed by atoms with Crippen LogP contribution in [0.25, 0.3) is 11.5 Å². The van der Waals surface area contributed by atoms with Crippen LogP contribution < -0.4 is 5.32 Å². The molecule has 1 amide bonds. The smallest absolute Gasteiger partial charge is 0.403 e. The predicted molar refractivity (Wildman–Crippen MR) is 83.8 cm³/mol. The second-order valence-electron chi connectivity index (χ2n) is 5.46. The van der Waals surface area contributed by atoms with Crippen LogP contribution in [0.4, 0.5) is 23.6 Å². The molecular weight excluding hydrogens is 354 g/mol. The highest BCUT2D eigenvalue weighted by Crippen LogP contribution is 2.30. The Labute approximate surface area is 144 Å². The van der Waals surface area contributed by atoms with Crippen LogP contribution in [0.2, 0.25) is 0 Å². The van der Waals surface area contributed by atoms with Crippen LogP contribution in [0.15, 0.2) is 46.9 Å². The maximum absolute atomic E-state index is 12.9. The second kappa shape index (κ2) is 6.58. The fourth-order valence-electron chi connectivity index (χ4n) is 2.23. The van der Waals surface area contributed by atoms with Gasteiger partial charge in [-0.1, -0.05) is 5.10 Å². The highest BCUT2D eigenvalue weighted by molar-refractivity contribution is 6.03. The molecule has 0 radical (unpaired) electrons. The van der Waals surface area contributed by atoms with Gasteiger partial charge in [0.05, 0.1) is 5.56 Å². The van der Waals surface area contributed by atoms with Crippen LogP contribution in [0, 0.1) is 12.7 Å². The van der Waals surface area contributed by atoms with Crippen molar-refractivity contribution in [2.75, 3.05) is 5.32 Å². The van der Waals surface area contributed by atoms with Gasteiger partial charge in [-0.2, -0.15) is 13.2 Å². The first kappa shape index (κ1) is 17.6. The molecule has 134 valence electrons. The molecule has 1 N–H and O–H groups in total. The Hall–Kier alpha value is -3.23. The summed E-state index contributed by atoms with van der Waals surface area (Å²) in [4.78, 5) is 12.2. The number of alkyl halides is 3. The summed E-state index contributed by atoms with van der Waals surface area (Å²) < 4.78 is 56.7. The van der Waals surface area contributed by atoms with Crippen LogP contribution in [0.1, 0.15) is 21.5 Å². The van der Waals surface area contributed by atoms with Gasteiger partial charge in [-0.05, 0) is 55.0 Å². The van der Waals surface area contributed by atoms with E-state index in [0.29, 0.717) is 5.56 Å². The lowest BCUT2D eigenvalue weighted by Gasteiger charge is -2.10. The Morgan fingerprint density at radius 1 is 1.08 bits per heavy atom. The molecule has 0 aliphatic rings. The number of aromatic nitrogens is 2. The summed E-state index contributed by atoms with van der Waals surface area (Å²) in [6.07, 6.45) is -4.57. The lowest BCUT2D eigenvalue weighted by molar-refractivity contribution is -0.137. The largest absolute Gasteiger partial charge is 0.416 e. The zero-order valence-electron chi connectivity index (χ0n) is 13.3. The van der Waals surface area contributed by atoms with Gasteiger partial charge in [0.15, 0.2) is 0 Å². The van der Waals surface area contributed by atoms with Crippen molar-refractivity contribution in [2.24, 2.45) is 0 Å². The van der Waals surface area contributed by atoms with Crippen molar-refractivity contribution >= 4 is 11.9 Å². The quantitative estimate of drug-likeness (QED) is 0.696. The molecular formula is C17H11F4N3O2. The Balaban J connectivity index is 1.81. The van der Waals surface area contributed by atoms with E-state index in [0.717, 1.165) is 12.1 Å².